The van der Waals surface area contributed by atoms with E-state index in [-0.39, 0.29) is 5.41 Å². The second kappa shape index (κ2) is 3.92. The smallest absolute Gasteiger partial charge is 0.139 e. The minimum absolute atomic E-state index is 0.0592. The molecular formula is C14H24O. The predicted octanol–water partition coefficient (Wildman–Crippen LogP) is 3.82. The van der Waals surface area contributed by atoms with Crippen molar-refractivity contribution in [3.8, 4) is 0 Å². The van der Waals surface area contributed by atoms with Crippen LogP contribution in [0.3, 0.4) is 0 Å². The van der Waals surface area contributed by atoms with Gasteiger partial charge in [0, 0.05) is 11.8 Å². The van der Waals surface area contributed by atoms with Crippen molar-refractivity contribution in [2.75, 3.05) is 0 Å². The third-order valence-corrected chi connectivity index (χ3v) is 5.01. The number of fused-ring (bicyclic) bond motifs is 1. The van der Waals surface area contributed by atoms with Crippen LogP contribution >= 0.6 is 0 Å². The summed E-state index contributed by atoms with van der Waals surface area (Å²) in [5, 5.41) is 0. The molecule has 2 aliphatic carbocycles. The summed E-state index contributed by atoms with van der Waals surface area (Å²) in [6.45, 7) is 6.77. The Morgan fingerprint density at radius 1 is 1.33 bits per heavy atom. The molecule has 0 saturated heterocycles. The fourth-order valence-electron chi connectivity index (χ4n) is 3.58. The van der Waals surface area contributed by atoms with Gasteiger partial charge in [0.2, 0.25) is 0 Å². The van der Waals surface area contributed by atoms with Gasteiger partial charge in [0.05, 0.1) is 0 Å². The number of Topliss-reactive ketones (excluding diaryl/α,β-unsaturated/α-hetero) is 1. The fraction of sp³-hybridized carbons (Fsp3) is 0.929. The molecule has 2 rings (SSSR count). The van der Waals surface area contributed by atoms with Gasteiger partial charge in [-0.3, -0.25) is 4.79 Å². The van der Waals surface area contributed by atoms with Crippen LogP contribution in [0, 0.1) is 23.2 Å². The zero-order valence-corrected chi connectivity index (χ0v) is 10.4. The van der Waals surface area contributed by atoms with Crippen LogP contribution in [0.2, 0.25) is 0 Å². The first-order valence-electron chi connectivity index (χ1n) is 6.57. The number of carbonyl (C=O) groups is 1. The highest BCUT2D eigenvalue weighted by atomic mass is 16.1. The number of carbonyl (C=O) groups excluding carboxylic acids is 1. The van der Waals surface area contributed by atoms with Crippen molar-refractivity contribution in [2.24, 2.45) is 23.2 Å². The van der Waals surface area contributed by atoms with Gasteiger partial charge >= 0.3 is 0 Å². The van der Waals surface area contributed by atoms with E-state index in [0.29, 0.717) is 23.5 Å². The maximum absolute atomic E-state index is 12.3. The Morgan fingerprint density at radius 2 is 2.07 bits per heavy atom. The molecule has 15 heavy (non-hydrogen) atoms. The first-order chi connectivity index (χ1) is 7.04. The highest BCUT2D eigenvalue weighted by Gasteiger charge is 2.47. The molecule has 0 aromatic carbocycles. The normalized spacial score (nSPS) is 41.7. The summed E-state index contributed by atoms with van der Waals surface area (Å²) in [7, 11) is 0. The van der Waals surface area contributed by atoms with Crippen LogP contribution in [0.4, 0.5) is 0 Å². The van der Waals surface area contributed by atoms with E-state index in [1.54, 1.807) is 0 Å². The molecule has 0 spiro atoms. The lowest BCUT2D eigenvalue weighted by molar-refractivity contribution is -0.139. The average molecular weight is 208 g/mol. The van der Waals surface area contributed by atoms with Crippen molar-refractivity contribution in [2.45, 2.75) is 59.3 Å². The Balaban J connectivity index is 2.15. The molecule has 0 radical (unpaired) electrons. The molecule has 0 heterocycles. The van der Waals surface area contributed by atoms with Gasteiger partial charge in [-0.25, -0.2) is 0 Å². The minimum Gasteiger partial charge on any atom is -0.299 e. The molecule has 2 aliphatic rings. The minimum atomic E-state index is 0.0592. The van der Waals surface area contributed by atoms with Gasteiger partial charge in [-0.05, 0) is 37.0 Å². The third kappa shape index (κ3) is 1.86. The van der Waals surface area contributed by atoms with Gasteiger partial charge in [0.1, 0.15) is 5.78 Å². The molecular weight excluding hydrogens is 184 g/mol. The van der Waals surface area contributed by atoms with Crippen LogP contribution in [-0.4, -0.2) is 5.78 Å². The molecule has 0 aromatic rings. The van der Waals surface area contributed by atoms with E-state index in [1.807, 2.05) is 0 Å². The van der Waals surface area contributed by atoms with Crippen molar-refractivity contribution < 1.29 is 4.79 Å². The van der Waals surface area contributed by atoms with Crippen molar-refractivity contribution in [1.29, 1.82) is 0 Å². The van der Waals surface area contributed by atoms with E-state index in [2.05, 4.69) is 20.8 Å². The number of ketones is 1. The van der Waals surface area contributed by atoms with Crippen molar-refractivity contribution >= 4 is 5.78 Å². The van der Waals surface area contributed by atoms with Crippen LogP contribution in [0.25, 0.3) is 0 Å². The lowest BCUT2D eigenvalue weighted by Gasteiger charge is -2.47. The zero-order valence-electron chi connectivity index (χ0n) is 10.4. The van der Waals surface area contributed by atoms with Gasteiger partial charge in [-0.2, -0.15) is 0 Å². The maximum atomic E-state index is 12.3. The molecule has 2 fully saturated rings. The lowest BCUT2D eigenvalue weighted by Crippen LogP contribution is -2.45. The van der Waals surface area contributed by atoms with E-state index >= 15 is 0 Å². The maximum Gasteiger partial charge on any atom is 0.139 e. The van der Waals surface area contributed by atoms with E-state index in [9.17, 15) is 4.79 Å². The lowest BCUT2D eigenvalue weighted by atomic mass is 9.56. The topological polar surface area (TPSA) is 17.1 Å². The Kier molecular flexibility index (Phi) is 2.92. The van der Waals surface area contributed by atoms with Gasteiger partial charge < -0.3 is 0 Å². The zero-order chi connectivity index (χ0) is 11.1. The summed E-state index contributed by atoms with van der Waals surface area (Å²) in [6.07, 6.45) is 7.22. The highest BCUT2D eigenvalue weighted by molar-refractivity contribution is 5.86. The van der Waals surface area contributed by atoms with Gasteiger partial charge in [-0.15, -0.1) is 0 Å². The fourth-order valence-corrected chi connectivity index (χ4v) is 3.58. The van der Waals surface area contributed by atoms with E-state index in [1.165, 1.54) is 25.7 Å². The van der Waals surface area contributed by atoms with Crippen LogP contribution in [0.1, 0.15) is 59.3 Å². The molecule has 0 amide bonds. The molecule has 86 valence electrons. The van der Waals surface area contributed by atoms with Crippen molar-refractivity contribution in [3.05, 3.63) is 0 Å². The Labute approximate surface area is 93.6 Å². The van der Waals surface area contributed by atoms with Crippen LogP contribution in [-0.2, 0) is 4.79 Å². The Morgan fingerprint density at radius 3 is 2.73 bits per heavy atom. The second-order valence-electron chi connectivity index (χ2n) is 6.23. The first-order valence-corrected chi connectivity index (χ1v) is 6.57. The molecule has 0 aliphatic heterocycles. The molecule has 1 heteroatoms. The quantitative estimate of drug-likeness (QED) is 0.640. The van der Waals surface area contributed by atoms with Gasteiger partial charge in [0.25, 0.3) is 0 Å². The molecule has 0 aromatic heterocycles. The standard InChI is InChI=1S/C14H24O/c1-10(2)11-8-12-6-4-5-7-14(12,3)13(15)9-11/h10-12H,4-9H2,1-3H3/t11-,12-,14-/m1/s1. The third-order valence-electron chi connectivity index (χ3n) is 5.01. The molecule has 0 unspecified atom stereocenters. The van der Waals surface area contributed by atoms with Crippen LogP contribution < -0.4 is 0 Å². The molecule has 1 nitrogen and oxygen atoms in total. The summed E-state index contributed by atoms with van der Waals surface area (Å²) in [5.41, 5.74) is 0.0592. The Bertz CT molecular complexity index is 256. The largest absolute Gasteiger partial charge is 0.299 e. The monoisotopic (exact) mass is 208 g/mol. The summed E-state index contributed by atoms with van der Waals surface area (Å²) >= 11 is 0. The van der Waals surface area contributed by atoms with E-state index in [0.717, 1.165) is 12.8 Å². The summed E-state index contributed by atoms with van der Waals surface area (Å²) in [4.78, 5) is 12.3. The average Bonchev–Trinajstić information content (AvgIpc) is 2.19. The van der Waals surface area contributed by atoms with Crippen molar-refractivity contribution in [1.82, 2.24) is 0 Å². The first kappa shape index (κ1) is 11.2. The molecule has 3 atom stereocenters. The molecule has 2 saturated carbocycles. The number of rotatable bonds is 1. The summed E-state index contributed by atoms with van der Waals surface area (Å²) in [5.74, 6) is 2.60. The molecule has 0 N–H and O–H groups in total. The van der Waals surface area contributed by atoms with Crippen LogP contribution in [0.5, 0.6) is 0 Å². The SMILES string of the molecule is CC(C)[C@H]1CC(=O)[C@]2(C)CCCC[C@@H]2C1. The van der Waals surface area contributed by atoms with Crippen LogP contribution in [0.15, 0.2) is 0 Å². The number of hydrogen-bond acceptors (Lipinski definition) is 1. The van der Waals surface area contributed by atoms with E-state index < -0.39 is 0 Å². The van der Waals surface area contributed by atoms with Crippen molar-refractivity contribution in [3.63, 3.8) is 0 Å². The van der Waals surface area contributed by atoms with Gasteiger partial charge in [0.15, 0.2) is 0 Å². The summed E-state index contributed by atoms with van der Waals surface area (Å²) in [6, 6.07) is 0. The summed E-state index contributed by atoms with van der Waals surface area (Å²) < 4.78 is 0. The van der Waals surface area contributed by atoms with Gasteiger partial charge in [-0.1, -0.05) is 33.6 Å². The highest BCUT2D eigenvalue weighted by Crippen LogP contribution is 2.50. The number of hydrogen-bond donors (Lipinski definition) is 0. The molecule has 0 bridgehead atoms. The second-order valence-corrected chi connectivity index (χ2v) is 6.23. The predicted molar refractivity (Wildman–Crippen MR) is 62.6 cm³/mol. The Hall–Kier alpha value is -0.330. The van der Waals surface area contributed by atoms with E-state index in [4.69, 9.17) is 0 Å².